The highest BCUT2D eigenvalue weighted by Crippen LogP contribution is 2.30. The quantitative estimate of drug-likeness (QED) is 0.813. The van der Waals surface area contributed by atoms with Gasteiger partial charge < -0.3 is 5.32 Å². The van der Waals surface area contributed by atoms with Gasteiger partial charge in [-0.2, -0.15) is 4.31 Å². The second-order valence-corrected chi connectivity index (χ2v) is 8.35. The number of nitrogens with zero attached hydrogens (tertiary/aromatic N) is 1. The van der Waals surface area contributed by atoms with E-state index in [0.29, 0.717) is 22.5 Å². The standard InChI is InChI=1S/C12H16Br2N2O2S/c1-8-6-15-7-9(2)16(8)19(17,18)12-5-10(13)3-4-11(12)14/h3-5,8-9,15H,6-7H2,1-2H3. The minimum Gasteiger partial charge on any atom is -0.314 e. The predicted molar refractivity (Wildman–Crippen MR) is 82.7 cm³/mol. The Morgan fingerprint density at radius 2 is 1.79 bits per heavy atom. The number of hydrogen-bond acceptors (Lipinski definition) is 3. The third-order valence-electron chi connectivity index (χ3n) is 3.20. The molecule has 1 fully saturated rings. The summed E-state index contributed by atoms with van der Waals surface area (Å²) >= 11 is 6.66. The van der Waals surface area contributed by atoms with Gasteiger partial charge in [0.15, 0.2) is 0 Å². The van der Waals surface area contributed by atoms with Gasteiger partial charge in [-0.3, -0.25) is 0 Å². The molecule has 1 N–H and O–H groups in total. The van der Waals surface area contributed by atoms with Crippen molar-refractivity contribution in [1.82, 2.24) is 9.62 Å². The van der Waals surface area contributed by atoms with Gasteiger partial charge in [0.2, 0.25) is 10.0 Å². The molecule has 106 valence electrons. The zero-order valence-electron chi connectivity index (χ0n) is 10.7. The fourth-order valence-electron chi connectivity index (χ4n) is 2.38. The van der Waals surface area contributed by atoms with Gasteiger partial charge in [0.25, 0.3) is 0 Å². The zero-order valence-corrected chi connectivity index (χ0v) is 14.7. The van der Waals surface area contributed by atoms with Crippen molar-refractivity contribution >= 4 is 41.9 Å². The highest BCUT2D eigenvalue weighted by Gasteiger charge is 2.36. The molecule has 2 rings (SSSR count). The maximum atomic E-state index is 12.8. The van der Waals surface area contributed by atoms with Crippen molar-refractivity contribution in [1.29, 1.82) is 0 Å². The van der Waals surface area contributed by atoms with E-state index in [0.717, 1.165) is 4.47 Å². The van der Waals surface area contributed by atoms with Crippen LogP contribution in [-0.2, 0) is 10.0 Å². The second-order valence-electron chi connectivity index (χ2n) is 4.77. The van der Waals surface area contributed by atoms with Crippen LogP contribution in [0.1, 0.15) is 13.8 Å². The van der Waals surface area contributed by atoms with E-state index in [9.17, 15) is 8.42 Å². The molecule has 2 unspecified atom stereocenters. The summed E-state index contributed by atoms with van der Waals surface area (Å²) in [6.45, 7) is 5.20. The molecule has 0 spiro atoms. The molecule has 0 amide bonds. The van der Waals surface area contributed by atoms with Gasteiger partial charge in [-0.1, -0.05) is 15.9 Å². The van der Waals surface area contributed by atoms with E-state index in [1.807, 2.05) is 19.9 Å². The third kappa shape index (κ3) is 3.05. The minimum atomic E-state index is -3.50. The van der Waals surface area contributed by atoms with Crippen LogP contribution in [-0.4, -0.2) is 37.9 Å². The average Bonchev–Trinajstić information content (AvgIpc) is 2.31. The first kappa shape index (κ1) is 15.4. The van der Waals surface area contributed by atoms with Gasteiger partial charge in [-0.05, 0) is 48.0 Å². The Bertz CT molecular complexity index is 567. The topological polar surface area (TPSA) is 49.4 Å². The Kier molecular flexibility index (Phi) is 4.72. The van der Waals surface area contributed by atoms with E-state index < -0.39 is 10.0 Å². The lowest BCUT2D eigenvalue weighted by Gasteiger charge is -2.38. The van der Waals surface area contributed by atoms with E-state index in [-0.39, 0.29) is 12.1 Å². The molecular formula is C12H16Br2N2O2S. The molecule has 0 saturated carbocycles. The Hall–Kier alpha value is 0.0500. The van der Waals surface area contributed by atoms with Crippen molar-refractivity contribution in [2.75, 3.05) is 13.1 Å². The van der Waals surface area contributed by atoms with Crippen LogP contribution < -0.4 is 5.32 Å². The molecule has 2 atom stereocenters. The van der Waals surface area contributed by atoms with Gasteiger partial charge in [-0.25, -0.2) is 8.42 Å². The number of rotatable bonds is 2. The van der Waals surface area contributed by atoms with E-state index in [1.165, 1.54) is 0 Å². The summed E-state index contributed by atoms with van der Waals surface area (Å²) in [6.07, 6.45) is 0. The first-order chi connectivity index (χ1) is 8.84. The maximum Gasteiger partial charge on any atom is 0.244 e. The molecule has 1 aromatic carbocycles. The number of halogens is 2. The molecule has 4 nitrogen and oxygen atoms in total. The summed E-state index contributed by atoms with van der Waals surface area (Å²) in [5.41, 5.74) is 0. The van der Waals surface area contributed by atoms with E-state index in [1.54, 1.807) is 16.4 Å². The van der Waals surface area contributed by atoms with Crippen molar-refractivity contribution < 1.29 is 8.42 Å². The summed E-state index contributed by atoms with van der Waals surface area (Å²) in [5, 5.41) is 3.24. The third-order valence-corrected chi connectivity index (χ3v) is 6.81. The monoisotopic (exact) mass is 410 g/mol. The Balaban J connectivity index is 2.49. The first-order valence-corrected chi connectivity index (χ1v) is 9.06. The van der Waals surface area contributed by atoms with Crippen molar-refractivity contribution in [3.63, 3.8) is 0 Å². The van der Waals surface area contributed by atoms with E-state index >= 15 is 0 Å². The van der Waals surface area contributed by atoms with Crippen LogP contribution in [0.4, 0.5) is 0 Å². The Morgan fingerprint density at radius 1 is 1.21 bits per heavy atom. The lowest BCUT2D eigenvalue weighted by atomic mass is 10.2. The minimum absolute atomic E-state index is 0.0559. The highest BCUT2D eigenvalue weighted by molar-refractivity contribution is 9.11. The molecule has 7 heteroatoms. The summed E-state index contributed by atoms with van der Waals surface area (Å²) in [5.74, 6) is 0. The molecule has 0 radical (unpaired) electrons. The molecule has 1 aliphatic heterocycles. The molecular weight excluding hydrogens is 396 g/mol. The average molecular weight is 412 g/mol. The molecule has 19 heavy (non-hydrogen) atoms. The van der Waals surface area contributed by atoms with Crippen LogP contribution in [0, 0.1) is 0 Å². The van der Waals surface area contributed by atoms with Gasteiger partial charge in [0.05, 0.1) is 4.90 Å². The lowest BCUT2D eigenvalue weighted by Crippen LogP contribution is -2.57. The van der Waals surface area contributed by atoms with Crippen LogP contribution in [0.3, 0.4) is 0 Å². The smallest absolute Gasteiger partial charge is 0.244 e. The number of sulfonamides is 1. The van der Waals surface area contributed by atoms with Crippen LogP contribution >= 0.6 is 31.9 Å². The van der Waals surface area contributed by atoms with Crippen LogP contribution in [0.2, 0.25) is 0 Å². The molecule has 1 aliphatic rings. The molecule has 0 bridgehead atoms. The normalized spacial score (nSPS) is 25.5. The number of benzene rings is 1. The largest absolute Gasteiger partial charge is 0.314 e. The number of hydrogen-bond donors (Lipinski definition) is 1. The molecule has 0 aromatic heterocycles. The second kappa shape index (κ2) is 5.81. The van der Waals surface area contributed by atoms with E-state index in [2.05, 4.69) is 37.2 Å². The highest BCUT2D eigenvalue weighted by atomic mass is 79.9. The summed E-state index contributed by atoms with van der Waals surface area (Å²) in [6, 6.07) is 5.09. The molecule has 1 saturated heterocycles. The Morgan fingerprint density at radius 3 is 2.37 bits per heavy atom. The van der Waals surface area contributed by atoms with Gasteiger partial charge in [0.1, 0.15) is 0 Å². The van der Waals surface area contributed by atoms with Gasteiger partial charge >= 0.3 is 0 Å². The molecule has 0 aliphatic carbocycles. The predicted octanol–water partition coefficient (Wildman–Crippen LogP) is 2.58. The zero-order chi connectivity index (χ0) is 14.2. The molecule has 1 aromatic rings. The van der Waals surface area contributed by atoms with Gasteiger partial charge in [0, 0.05) is 34.1 Å². The maximum absolute atomic E-state index is 12.8. The van der Waals surface area contributed by atoms with Crippen molar-refractivity contribution in [2.45, 2.75) is 30.8 Å². The first-order valence-electron chi connectivity index (χ1n) is 6.03. The summed E-state index contributed by atoms with van der Waals surface area (Å²) < 4.78 is 28.6. The van der Waals surface area contributed by atoms with Gasteiger partial charge in [-0.15, -0.1) is 0 Å². The fraction of sp³-hybridized carbons (Fsp3) is 0.500. The lowest BCUT2D eigenvalue weighted by molar-refractivity contribution is 0.220. The molecule has 1 heterocycles. The van der Waals surface area contributed by atoms with Crippen LogP contribution in [0.15, 0.2) is 32.0 Å². The van der Waals surface area contributed by atoms with Crippen LogP contribution in [0.5, 0.6) is 0 Å². The van der Waals surface area contributed by atoms with Crippen molar-refractivity contribution in [3.05, 3.63) is 27.1 Å². The number of piperazine rings is 1. The number of nitrogens with one attached hydrogen (secondary N) is 1. The van der Waals surface area contributed by atoms with Crippen molar-refractivity contribution in [3.8, 4) is 0 Å². The van der Waals surface area contributed by atoms with E-state index in [4.69, 9.17) is 0 Å². The fourth-order valence-corrected chi connectivity index (χ4v) is 5.66. The summed E-state index contributed by atoms with van der Waals surface area (Å²) in [7, 11) is -3.50. The van der Waals surface area contributed by atoms with Crippen molar-refractivity contribution in [2.24, 2.45) is 0 Å². The Labute approximate surface area is 130 Å². The summed E-state index contributed by atoms with van der Waals surface area (Å²) in [4.78, 5) is 0.308. The SMILES string of the molecule is CC1CNCC(C)N1S(=O)(=O)c1cc(Br)ccc1Br. The van der Waals surface area contributed by atoms with Crippen LogP contribution in [0.25, 0.3) is 0 Å².